The molecule has 2 aromatic heterocycles. The molecule has 2 atom stereocenters. The van der Waals surface area contributed by atoms with Gasteiger partial charge < -0.3 is 10.3 Å². The van der Waals surface area contributed by atoms with Gasteiger partial charge in [0.2, 0.25) is 0 Å². The third-order valence-corrected chi connectivity index (χ3v) is 4.36. The summed E-state index contributed by atoms with van der Waals surface area (Å²) in [6.45, 7) is 2.10. The standard InChI is InChI=1S/C13H18N4S/c1-3-11(14)12(10-5-4-6-15-9-10)18-13-16-7-8-17(13)2/h4-9,11-12H,3,14H2,1-2H3. The maximum Gasteiger partial charge on any atom is 0.168 e. The van der Waals surface area contributed by atoms with Gasteiger partial charge in [-0.2, -0.15) is 0 Å². The molecular weight excluding hydrogens is 244 g/mol. The second-order valence-electron chi connectivity index (χ2n) is 4.22. The van der Waals surface area contributed by atoms with Crippen molar-refractivity contribution in [2.45, 2.75) is 29.8 Å². The Morgan fingerprint density at radius 3 is 2.83 bits per heavy atom. The molecule has 0 fully saturated rings. The Labute approximate surface area is 112 Å². The summed E-state index contributed by atoms with van der Waals surface area (Å²) in [4.78, 5) is 8.53. The quantitative estimate of drug-likeness (QED) is 0.841. The van der Waals surface area contributed by atoms with E-state index in [4.69, 9.17) is 5.73 Å². The van der Waals surface area contributed by atoms with Crippen molar-refractivity contribution in [2.75, 3.05) is 0 Å². The number of rotatable bonds is 5. The molecule has 0 aliphatic heterocycles. The Kier molecular flexibility index (Phi) is 4.38. The zero-order valence-corrected chi connectivity index (χ0v) is 11.5. The first-order valence-corrected chi connectivity index (χ1v) is 6.89. The van der Waals surface area contributed by atoms with Gasteiger partial charge in [-0.25, -0.2) is 4.98 Å². The van der Waals surface area contributed by atoms with Crippen LogP contribution in [0.2, 0.25) is 0 Å². The first-order valence-electron chi connectivity index (χ1n) is 6.02. The van der Waals surface area contributed by atoms with E-state index in [9.17, 15) is 0 Å². The largest absolute Gasteiger partial charge is 0.329 e. The van der Waals surface area contributed by atoms with Crippen LogP contribution in [0.1, 0.15) is 24.2 Å². The Morgan fingerprint density at radius 1 is 1.44 bits per heavy atom. The van der Waals surface area contributed by atoms with Crippen molar-refractivity contribution in [3.63, 3.8) is 0 Å². The number of nitrogens with two attached hydrogens (primary N) is 1. The molecule has 2 rings (SSSR count). The molecule has 0 radical (unpaired) electrons. The van der Waals surface area contributed by atoms with E-state index in [-0.39, 0.29) is 11.3 Å². The molecule has 96 valence electrons. The molecule has 0 saturated heterocycles. The van der Waals surface area contributed by atoms with Gasteiger partial charge in [0.1, 0.15) is 0 Å². The van der Waals surface area contributed by atoms with Crippen molar-refractivity contribution in [3.05, 3.63) is 42.5 Å². The number of aryl methyl sites for hydroxylation is 1. The van der Waals surface area contributed by atoms with E-state index in [1.807, 2.05) is 30.1 Å². The van der Waals surface area contributed by atoms with Crippen LogP contribution in [0.5, 0.6) is 0 Å². The number of hydrogen-bond donors (Lipinski definition) is 1. The van der Waals surface area contributed by atoms with Gasteiger partial charge in [-0.1, -0.05) is 24.8 Å². The lowest BCUT2D eigenvalue weighted by molar-refractivity contribution is 0.629. The highest BCUT2D eigenvalue weighted by atomic mass is 32.2. The fourth-order valence-electron chi connectivity index (χ4n) is 1.74. The smallest absolute Gasteiger partial charge is 0.168 e. The minimum atomic E-state index is 0.0934. The fraction of sp³-hybridized carbons (Fsp3) is 0.385. The number of pyridine rings is 1. The van der Waals surface area contributed by atoms with Crippen LogP contribution in [0.4, 0.5) is 0 Å². The van der Waals surface area contributed by atoms with E-state index in [0.29, 0.717) is 0 Å². The second-order valence-corrected chi connectivity index (χ2v) is 5.33. The lowest BCUT2D eigenvalue weighted by atomic mass is 10.1. The normalized spacial score (nSPS) is 14.4. The van der Waals surface area contributed by atoms with Crippen molar-refractivity contribution in [1.29, 1.82) is 0 Å². The van der Waals surface area contributed by atoms with Crippen molar-refractivity contribution in [3.8, 4) is 0 Å². The molecule has 0 aliphatic rings. The van der Waals surface area contributed by atoms with Gasteiger partial charge in [-0.15, -0.1) is 0 Å². The predicted octanol–water partition coefficient (Wildman–Crippen LogP) is 2.39. The molecule has 0 spiro atoms. The highest BCUT2D eigenvalue weighted by molar-refractivity contribution is 7.99. The molecule has 18 heavy (non-hydrogen) atoms. The minimum absolute atomic E-state index is 0.0934. The summed E-state index contributed by atoms with van der Waals surface area (Å²) in [6.07, 6.45) is 8.34. The summed E-state index contributed by atoms with van der Waals surface area (Å²) >= 11 is 1.69. The molecule has 0 amide bonds. The second kappa shape index (κ2) is 6.02. The molecule has 2 aromatic rings. The molecule has 0 saturated carbocycles. The first kappa shape index (κ1) is 13.1. The van der Waals surface area contributed by atoms with Gasteiger partial charge in [0.05, 0.1) is 5.25 Å². The summed E-state index contributed by atoms with van der Waals surface area (Å²) in [5, 5.41) is 1.16. The van der Waals surface area contributed by atoms with Gasteiger partial charge in [0, 0.05) is 37.9 Å². The molecule has 2 N–H and O–H groups in total. The summed E-state index contributed by atoms with van der Waals surface area (Å²) in [5.41, 5.74) is 7.38. The van der Waals surface area contributed by atoms with Gasteiger partial charge >= 0.3 is 0 Å². The van der Waals surface area contributed by atoms with Crippen LogP contribution < -0.4 is 5.73 Å². The molecule has 0 aliphatic carbocycles. The molecule has 0 aromatic carbocycles. The lowest BCUT2D eigenvalue weighted by Crippen LogP contribution is -2.26. The maximum absolute atomic E-state index is 6.23. The van der Waals surface area contributed by atoms with Crippen LogP contribution in [0, 0.1) is 0 Å². The first-order chi connectivity index (χ1) is 8.72. The van der Waals surface area contributed by atoms with Crippen LogP contribution in [0.25, 0.3) is 0 Å². The average molecular weight is 262 g/mol. The summed E-state index contributed by atoms with van der Waals surface area (Å²) < 4.78 is 2.01. The van der Waals surface area contributed by atoms with Crippen molar-refractivity contribution in [1.82, 2.24) is 14.5 Å². The molecular formula is C13H18N4S. The van der Waals surface area contributed by atoms with Crippen molar-refractivity contribution >= 4 is 11.8 Å². The molecule has 2 unspecified atom stereocenters. The van der Waals surface area contributed by atoms with E-state index in [1.165, 1.54) is 0 Å². The Morgan fingerprint density at radius 2 is 2.28 bits per heavy atom. The average Bonchev–Trinajstić information content (AvgIpc) is 2.81. The minimum Gasteiger partial charge on any atom is -0.329 e. The Hall–Kier alpha value is -1.33. The summed E-state index contributed by atoms with van der Waals surface area (Å²) in [6, 6.07) is 4.11. The van der Waals surface area contributed by atoms with E-state index < -0.39 is 0 Å². The Bertz CT molecular complexity index is 483. The van der Waals surface area contributed by atoms with E-state index in [0.717, 1.165) is 17.1 Å². The fourth-order valence-corrected chi connectivity index (χ4v) is 2.96. The summed E-state index contributed by atoms with van der Waals surface area (Å²) in [7, 11) is 1.99. The van der Waals surface area contributed by atoms with Crippen LogP contribution in [-0.2, 0) is 7.05 Å². The molecule has 0 bridgehead atoms. The zero-order chi connectivity index (χ0) is 13.0. The number of hydrogen-bond acceptors (Lipinski definition) is 4. The SMILES string of the molecule is CCC(N)C(Sc1nccn1C)c1cccnc1. The third-order valence-electron chi connectivity index (χ3n) is 2.88. The number of thioether (sulfide) groups is 1. The van der Waals surface area contributed by atoms with Crippen molar-refractivity contribution < 1.29 is 0 Å². The van der Waals surface area contributed by atoms with Crippen molar-refractivity contribution in [2.24, 2.45) is 12.8 Å². The van der Waals surface area contributed by atoms with Crippen LogP contribution in [-0.4, -0.2) is 20.6 Å². The molecule has 5 heteroatoms. The number of aromatic nitrogens is 3. The molecule has 4 nitrogen and oxygen atoms in total. The number of imidazole rings is 1. The predicted molar refractivity (Wildman–Crippen MR) is 74.3 cm³/mol. The third kappa shape index (κ3) is 2.91. The van der Waals surface area contributed by atoms with Crippen LogP contribution >= 0.6 is 11.8 Å². The molecule has 2 heterocycles. The van der Waals surface area contributed by atoms with E-state index >= 15 is 0 Å². The lowest BCUT2D eigenvalue weighted by Gasteiger charge is -2.22. The Balaban J connectivity index is 2.24. The highest BCUT2D eigenvalue weighted by Gasteiger charge is 2.21. The van der Waals surface area contributed by atoms with Crippen LogP contribution in [0.3, 0.4) is 0 Å². The van der Waals surface area contributed by atoms with E-state index in [1.54, 1.807) is 24.2 Å². The van der Waals surface area contributed by atoms with E-state index in [2.05, 4.69) is 23.0 Å². The number of nitrogens with zero attached hydrogens (tertiary/aromatic N) is 3. The summed E-state index contributed by atoms with van der Waals surface area (Å²) in [5.74, 6) is 0. The van der Waals surface area contributed by atoms with Gasteiger partial charge in [-0.3, -0.25) is 4.98 Å². The highest BCUT2D eigenvalue weighted by Crippen LogP contribution is 2.36. The maximum atomic E-state index is 6.23. The zero-order valence-electron chi connectivity index (χ0n) is 10.7. The van der Waals surface area contributed by atoms with Crippen LogP contribution in [0.15, 0.2) is 42.1 Å². The van der Waals surface area contributed by atoms with Gasteiger partial charge in [0.25, 0.3) is 0 Å². The topological polar surface area (TPSA) is 56.7 Å². The van der Waals surface area contributed by atoms with Gasteiger partial charge in [-0.05, 0) is 18.1 Å². The van der Waals surface area contributed by atoms with Gasteiger partial charge in [0.15, 0.2) is 5.16 Å². The monoisotopic (exact) mass is 262 g/mol.